The summed E-state index contributed by atoms with van der Waals surface area (Å²) in [6.45, 7) is 0.633. The maximum atomic E-state index is 5.89. The summed E-state index contributed by atoms with van der Waals surface area (Å²) in [5.74, 6) is 0.726. The van der Waals surface area contributed by atoms with Crippen molar-refractivity contribution in [2.24, 2.45) is 5.73 Å². The molecule has 0 aromatic heterocycles. The molecule has 0 bridgehead atoms. The van der Waals surface area contributed by atoms with Crippen LogP contribution in [0.1, 0.15) is 18.0 Å². The quantitative estimate of drug-likeness (QED) is 0.624. The topological polar surface area (TPSA) is 61.3 Å². The molecule has 0 amide bonds. The zero-order valence-electron chi connectivity index (χ0n) is 7.09. The van der Waals surface area contributed by atoms with Crippen molar-refractivity contribution in [1.29, 1.82) is 0 Å². The number of hydrogen-bond acceptors (Lipinski definition) is 3. The number of nitrogen functional groups attached to an aromatic ring is 1. The van der Waals surface area contributed by atoms with Crippen LogP contribution in [0.25, 0.3) is 0 Å². The van der Waals surface area contributed by atoms with Crippen LogP contribution in [0.2, 0.25) is 5.02 Å². The summed E-state index contributed by atoms with van der Waals surface area (Å²) in [5.41, 5.74) is 13.2. The Morgan fingerprint density at radius 1 is 1.46 bits per heavy atom. The number of nitrogens with two attached hydrogens (primary N) is 2. The average molecular weight is 199 g/mol. The van der Waals surface area contributed by atoms with E-state index in [0.29, 0.717) is 17.3 Å². The highest BCUT2D eigenvalue weighted by atomic mass is 35.5. The van der Waals surface area contributed by atoms with Gasteiger partial charge in [-0.1, -0.05) is 11.6 Å². The van der Waals surface area contributed by atoms with Crippen LogP contribution in [0.5, 0.6) is 5.75 Å². The van der Waals surface area contributed by atoms with Gasteiger partial charge in [-0.05, 0) is 12.1 Å². The molecule has 1 aromatic rings. The number of benzene rings is 1. The Kier molecular flexibility index (Phi) is 2.06. The van der Waals surface area contributed by atoms with E-state index in [4.69, 9.17) is 27.8 Å². The fourth-order valence-corrected chi connectivity index (χ4v) is 1.79. The summed E-state index contributed by atoms with van der Waals surface area (Å²) >= 11 is 5.83. The number of ether oxygens (including phenoxy) is 1. The second-order valence-electron chi connectivity index (χ2n) is 3.15. The van der Waals surface area contributed by atoms with Gasteiger partial charge in [0.2, 0.25) is 0 Å². The normalized spacial score (nSPS) is 20.6. The molecular formula is C9H11ClN2O. The second kappa shape index (κ2) is 3.09. The van der Waals surface area contributed by atoms with Crippen molar-refractivity contribution >= 4 is 17.3 Å². The van der Waals surface area contributed by atoms with Gasteiger partial charge in [-0.25, -0.2) is 0 Å². The van der Waals surface area contributed by atoms with Gasteiger partial charge in [0, 0.05) is 28.7 Å². The van der Waals surface area contributed by atoms with Crippen LogP contribution < -0.4 is 16.2 Å². The Labute approximate surface area is 81.6 Å². The summed E-state index contributed by atoms with van der Waals surface area (Å²) in [5, 5.41) is 0.588. The van der Waals surface area contributed by atoms with Crippen molar-refractivity contribution < 1.29 is 4.74 Å². The Bertz CT molecular complexity index is 341. The molecule has 1 atom stereocenters. The molecule has 1 unspecified atom stereocenters. The maximum absolute atomic E-state index is 5.89. The number of hydrogen-bond donors (Lipinski definition) is 2. The molecule has 1 aromatic carbocycles. The van der Waals surface area contributed by atoms with Gasteiger partial charge >= 0.3 is 0 Å². The highest BCUT2D eigenvalue weighted by Crippen LogP contribution is 2.37. The Morgan fingerprint density at radius 2 is 2.23 bits per heavy atom. The third-order valence-electron chi connectivity index (χ3n) is 2.20. The van der Waals surface area contributed by atoms with E-state index in [-0.39, 0.29) is 6.04 Å². The molecule has 0 fully saturated rings. The van der Waals surface area contributed by atoms with Crippen molar-refractivity contribution in [3.8, 4) is 5.75 Å². The molecule has 0 aliphatic carbocycles. The number of fused-ring (bicyclic) bond motifs is 1. The van der Waals surface area contributed by atoms with Crippen molar-refractivity contribution in [2.45, 2.75) is 12.5 Å². The third kappa shape index (κ3) is 1.45. The van der Waals surface area contributed by atoms with E-state index in [1.54, 1.807) is 12.1 Å². The van der Waals surface area contributed by atoms with Crippen LogP contribution in [0, 0.1) is 0 Å². The molecule has 0 spiro atoms. The smallest absolute Gasteiger partial charge is 0.127 e. The minimum Gasteiger partial charge on any atom is -0.493 e. The molecule has 1 aliphatic heterocycles. The molecule has 1 aliphatic rings. The first-order chi connectivity index (χ1) is 6.18. The van der Waals surface area contributed by atoms with E-state index in [9.17, 15) is 0 Å². The molecule has 3 nitrogen and oxygen atoms in total. The number of rotatable bonds is 0. The summed E-state index contributed by atoms with van der Waals surface area (Å²) in [7, 11) is 0. The van der Waals surface area contributed by atoms with Gasteiger partial charge in [0.05, 0.1) is 6.61 Å². The molecular weight excluding hydrogens is 188 g/mol. The third-order valence-corrected chi connectivity index (χ3v) is 2.41. The van der Waals surface area contributed by atoms with Gasteiger partial charge in [0.25, 0.3) is 0 Å². The minimum atomic E-state index is -0.0268. The van der Waals surface area contributed by atoms with Gasteiger partial charge in [0.15, 0.2) is 0 Å². The lowest BCUT2D eigenvalue weighted by atomic mass is 10.00. The number of halogens is 1. The monoisotopic (exact) mass is 198 g/mol. The van der Waals surface area contributed by atoms with Gasteiger partial charge < -0.3 is 16.2 Å². The molecule has 13 heavy (non-hydrogen) atoms. The van der Waals surface area contributed by atoms with Crippen LogP contribution in [0.15, 0.2) is 12.1 Å². The van der Waals surface area contributed by atoms with Gasteiger partial charge in [-0.15, -0.1) is 0 Å². The average Bonchev–Trinajstić information content (AvgIpc) is 2.02. The summed E-state index contributed by atoms with van der Waals surface area (Å²) in [6, 6.07) is 3.43. The van der Waals surface area contributed by atoms with E-state index in [0.717, 1.165) is 17.7 Å². The zero-order chi connectivity index (χ0) is 9.42. The molecule has 2 rings (SSSR count). The highest BCUT2D eigenvalue weighted by Gasteiger charge is 2.21. The molecule has 1 heterocycles. The van der Waals surface area contributed by atoms with Gasteiger partial charge in [-0.3, -0.25) is 0 Å². The summed E-state index contributed by atoms with van der Waals surface area (Å²) in [6.07, 6.45) is 0.804. The number of anilines is 1. The predicted octanol–water partition coefficient (Wildman–Crippen LogP) is 1.70. The van der Waals surface area contributed by atoms with E-state index >= 15 is 0 Å². The molecule has 4 N–H and O–H groups in total. The largest absolute Gasteiger partial charge is 0.493 e. The summed E-state index contributed by atoms with van der Waals surface area (Å²) < 4.78 is 5.41. The van der Waals surface area contributed by atoms with Crippen LogP contribution in [-0.2, 0) is 0 Å². The molecule has 0 saturated carbocycles. The lowest BCUT2D eigenvalue weighted by molar-refractivity contribution is 0.269. The van der Waals surface area contributed by atoms with Crippen molar-refractivity contribution in [1.82, 2.24) is 0 Å². The first-order valence-electron chi connectivity index (χ1n) is 4.16. The fraction of sp³-hybridized carbons (Fsp3) is 0.333. The lowest BCUT2D eigenvalue weighted by Gasteiger charge is -2.24. The van der Waals surface area contributed by atoms with Crippen LogP contribution in [0.4, 0.5) is 5.69 Å². The van der Waals surface area contributed by atoms with E-state index < -0.39 is 0 Å². The molecule has 4 heteroatoms. The molecule has 70 valence electrons. The van der Waals surface area contributed by atoms with Crippen LogP contribution >= 0.6 is 11.6 Å². The maximum Gasteiger partial charge on any atom is 0.127 e. The minimum absolute atomic E-state index is 0.0268. The van der Waals surface area contributed by atoms with Crippen molar-refractivity contribution in [2.75, 3.05) is 12.3 Å². The Balaban J connectivity index is 2.56. The van der Waals surface area contributed by atoms with Gasteiger partial charge in [0.1, 0.15) is 5.75 Å². The second-order valence-corrected chi connectivity index (χ2v) is 3.59. The predicted molar refractivity (Wildman–Crippen MR) is 52.9 cm³/mol. The van der Waals surface area contributed by atoms with Crippen molar-refractivity contribution in [3.05, 3.63) is 22.7 Å². The van der Waals surface area contributed by atoms with Crippen LogP contribution in [-0.4, -0.2) is 6.61 Å². The van der Waals surface area contributed by atoms with E-state index in [1.165, 1.54) is 0 Å². The standard InChI is InChI=1S/C9H11ClN2O/c10-5-3-7(12)9-6(11)1-2-13-8(9)4-5/h3-4,6H,1-2,11-12H2. The zero-order valence-corrected chi connectivity index (χ0v) is 7.84. The Morgan fingerprint density at radius 3 is 3.00 bits per heavy atom. The first kappa shape index (κ1) is 8.66. The van der Waals surface area contributed by atoms with Crippen molar-refractivity contribution in [3.63, 3.8) is 0 Å². The summed E-state index contributed by atoms with van der Waals surface area (Å²) in [4.78, 5) is 0. The van der Waals surface area contributed by atoms with Gasteiger partial charge in [-0.2, -0.15) is 0 Å². The fourth-order valence-electron chi connectivity index (χ4n) is 1.57. The van der Waals surface area contributed by atoms with E-state index in [2.05, 4.69) is 0 Å². The first-order valence-corrected chi connectivity index (χ1v) is 4.53. The SMILES string of the molecule is Nc1cc(Cl)cc2c1C(N)CCO2. The lowest BCUT2D eigenvalue weighted by Crippen LogP contribution is -2.21. The highest BCUT2D eigenvalue weighted by molar-refractivity contribution is 6.31. The van der Waals surface area contributed by atoms with E-state index in [1.807, 2.05) is 0 Å². The molecule has 0 saturated heterocycles. The Hall–Kier alpha value is -0.930. The van der Waals surface area contributed by atoms with Crippen LogP contribution in [0.3, 0.4) is 0 Å². The molecule has 0 radical (unpaired) electrons.